The molecule has 312 valence electrons. The number of nitrogens with zero attached hydrogens (tertiary/aromatic N) is 5. The van der Waals surface area contributed by atoms with E-state index in [1.54, 1.807) is 13.2 Å². The molecule has 0 radical (unpaired) electrons. The number of carbonyl (C=O) groups is 3. The lowest BCUT2D eigenvalue weighted by Crippen LogP contribution is -2.52. The van der Waals surface area contributed by atoms with Crippen molar-refractivity contribution in [1.29, 1.82) is 0 Å². The average molecular weight is 869 g/mol. The number of imide groups is 1. The number of hydrogen-bond donors (Lipinski definition) is 2. The third-order valence-electron chi connectivity index (χ3n) is 13.0. The molecule has 3 fully saturated rings. The van der Waals surface area contributed by atoms with Crippen molar-refractivity contribution in [2.45, 2.75) is 102 Å². The number of piperidine rings is 3. The number of benzene rings is 3. The largest absolute Gasteiger partial charge is 0.496 e. The van der Waals surface area contributed by atoms with Gasteiger partial charge in [0.05, 0.1) is 18.7 Å². The standard InChI is InChI=1S/C46H55BrFN7O4/c1-28(32-8-7-9-33(47)22-32)49-44-38-26-42(59-3)36(25-40(38)50-29(2)51-44)31-14-20-54(21-15-31)17-6-4-5-16-53-18-12-30(13-19-53)35-23-34(48)24-37-39(35)27-55(46(37)58)41-10-11-43(56)52-45(41)57/h7-9,22-26,28,30-31,41H,4-6,10-21,27H2,1-3H3,(H,49,50,51)(H,52,56,57)/t28-,41?/m1/s1. The number of aryl methyl sites for hydroxylation is 1. The normalized spacial score (nSPS) is 20.3. The highest BCUT2D eigenvalue weighted by atomic mass is 79.9. The van der Waals surface area contributed by atoms with Gasteiger partial charge in [-0.25, -0.2) is 14.4 Å². The fraction of sp³-hybridized carbons (Fsp3) is 0.500. The molecule has 3 aromatic carbocycles. The van der Waals surface area contributed by atoms with E-state index >= 15 is 0 Å². The van der Waals surface area contributed by atoms with Crippen LogP contribution in [0.25, 0.3) is 10.9 Å². The Hall–Kier alpha value is -4.46. The van der Waals surface area contributed by atoms with Crippen LogP contribution in [-0.2, 0) is 16.1 Å². The third kappa shape index (κ3) is 9.17. The summed E-state index contributed by atoms with van der Waals surface area (Å²) >= 11 is 3.59. The Balaban J connectivity index is 0.786. The second-order valence-electron chi connectivity index (χ2n) is 16.9. The van der Waals surface area contributed by atoms with Crippen LogP contribution < -0.4 is 15.4 Å². The summed E-state index contributed by atoms with van der Waals surface area (Å²) in [5.41, 5.74) is 5.45. The Morgan fingerprint density at radius 2 is 1.59 bits per heavy atom. The fourth-order valence-corrected chi connectivity index (χ4v) is 10.2. The van der Waals surface area contributed by atoms with E-state index in [0.717, 1.165) is 115 Å². The minimum atomic E-state index is -0.701. The zero-order valence-electron chi connectivity index (χ0n) is 34.4. The summed E-state index contributed by atoms with van der Waals surface area (Å²) in [6, 6.07) is 14.9. The van der Waals surface area contributed by atoms with Crippen LogP contribution in [0.1, 0.15) is 121 Å². The van der Waals surface area contributed by atoms with Gasteiger partial charge in [0.2, 0.25) is 11.8 Å². The molecule has 13 heteroatoms. The van der Waals surface area contributed by atoms with E-state index in [2.05, 4.69) is 67.6 Å². The second kappa shape index (κ2) is 18.0. The van der Waals surface area contributed by atoms with Crippen molar-refractivity contribution >= 4 is 50.4 Å². The number of fused-ring (bicyclic) bond motifs is 2. The Labute approximate surface area is 354 Å². The number of anilines is 1. The Morgan fingerprint density at radius 1 is 0.898 bits per heavy atom. The first-order chi connectivity index (χ1) is 28.5. The maximum absolute atomic E-state index is 14.9. The van der Waals surface area contributed by atoms with Crippen LogP contribution >= 0.6 is 15.9 Å². The van der Waals surface area contributed by atoms with E-state index in [4.69, 9.17) is 14.7 Å². The molecule has 4 aliphatic rings. The number of halogens is 2. The molecule has 11 nitrogen and oxygen atoms in total. The van der Waals surface area contributed by atoms with E-state index < -0.39 is 17.8 Å². The van der Waals surface area contributed by atoms with Gasteiger partial charge in [0.1, 0.15) is 29.3 Å². The topological polar surface area (TPSA) is 120 Å². The molecule has 0 bridgehead atoms. The monoisotopic (exact) mass is 867 g/mol. The highest BCUT2D eigenvalue weighted by Crippen LogP contribution is 2.40. The molecule has 1 aromatic heterocycles. The second-order valence-corrected chi connectivity index (χ2v) is 17.8. The molecule has 1 unspecified atom stereocenters. The maximum Gasteiger partial charge on any atom is 0.255 e. The van der Waals surface area contributed by atoms with Crippen molar-refractivity contribution < 1.29 is 23.5 Å². The number of aromatic nitrogens is 2. The minimum absolute atomic E-state index is 0.0612. The molecule has 0 aliphatic carbocycles. The van der Waals surface area contributed by atoms with Gasteiger partial charge in [-0.1, -0.05) is 34.5 Å². The first-order valence-corrected chi connectivity index (χ1v) is 22.1. The maximum atomic E-state index is 14.9. The molecular formula is C46H55BrFN7O4. The number of nitrogens with one attached hydrogen (secondary N) is 2. The molecule has 5 heterocycles. The van der Waals surface area contributed by atoms with Crippen LogP contribution in [0.4, 0.5) is 10.2 Å². The predicted molar refractivity (Wildman–Crippen MR) is 230 cm³/mol. The summed E-state index contributed by atoms with van der Waals surface area (Å²) in [7, 11) is 1.76. The van der Waals surface area contributed by atoms with E-state index in [1.807, 2.05) is 19.1 Å². The molecule has 3 saturated heterocycles. The van der Waals surface area contributed by atoms with Crippen LogP contribution in [0.2, 0.25) is 0 Å². The number of unbranched alkanes of at least 4 members (excludes halogenated alkanes) is 2. The number of carbonyl (C=O) groups excluding carboxylic acids is 3. The van der Waals surface area contributed by atoms with Crippen LogP contribution in [-0.4, -0.2) is 94.8 Å². The molecule has 2 atom stereocenters. The summed E-state index contributed by atoms with van der Waals surface area (Å²) in [5.74, 6) is 1.55. The summed E-state index contributed by atoms with van der Waals surface area (Å²) < 4.78 is 21.9. The SMILES string of the molecule is COc1cc2c(N[C@H](C)c3cccc(Br)c3)nc(C)nc2cc1C1CCN(CCCCCN2CCC(c3cc(F)cc4c3CN(C3CCC(=O)NC3=O)C4=O)CC2)CC1. The Kier molecular flexibility index (Phi) is 12.6. The first-order valence-electron chi connectivity index (χ1n) is 21.3. The molecular weight excluding hydrogens is 813 g/mol. The Morgan fingerprint density at radius 3 is 2.25 bits per heavy atom. The van der Waals surface area contributed by atoms with Gasteiger partial charge in [-0.05, 0) is 169 Å². The zero-order valence-corrected chi connectivity index (χ0v) is 36.0. The summed E-state index contributed by atoms with van der Waals surface area (Å²) in [4.78, 5) is 53.9. The molecule has 0 spiro atoms. The van der Waals surface area contributed by atoms with Gasteiger partial charge in [-0.15, -0.1) is 0 Å². The lowest BCUT2D eigenvalue weighted by molar-refractivity contribution is -0.136. The minimum Gasteiger partial charge on any atom is -0.496 e. The van der Waals surface area contributed by atoms with Gasteiger partial charge in [0.15, 0.2) is 0 Å². The number of likely N-dealkylation sites (tertiary alicyclic amines) is 2. The number of methoxy groups -OCH3 is 1. The van der Waals surface area contributed by atoms with Crippen molar-refractivity contribution in [2.24, 2.45) is 0 Å². The van der Waals surface area contributed by atoms with Gasteiger partial charge in [-0.2, -0.15) is 0 Å². The number of amides is 3. The third-order valence-corrected chi connectivity index (χ3v) is 13.5. The van der Waals surface area contributed by atoms with E-state index in [9.17, 15) is 18.8 Å². The van der Waals surface area contributed by atoms with E-state index in [0.29, 0.717) is 17.9 Å². The van der Waals surface area contributed by atoms with Crippen molar-refractivity contribution in [3.05, 3.63) is 92.5 Å². The lowest BCUT2D eigenvalue weighted by Gasteiger charge is -2.34. The number of hydrogen-bond acceptors (Lipinski definition) is 9. The summed E-state index contributed by atoms with van der Waals surface area (Å²) in [5, 5.41) is 6.94. The zero-order chi connectivity index (χ0) is 41.2. The van der Waals surface area contributed by atoms with Crippen molar-refractivity contribution in [3.8, 4) is 5.75 Å². The van der Waals surface area contributed by atoms with Crippen molar-refractivity contribution in [1.82, 2.24) is 30.0 Å². The number of rotatable bonds is 13. The number of ether oxygens (including phenoxy) is 1. The highest BCUT2D eigenvalue weighted by molar-refractivity contribution is 9.10. The van der Waals surface area contributed by atoms with E-state index in [1.165, 1.54) is 34.9 Å². The Bertz CT molecular complexity index is 2220. The van der Waals surface area contributed by atoms with Crippen LogP contribution in [0.3, 0.4) is 0 Å². The fourth-order valence-electron chi connectivity index (χ4n) is 9.76. The van der Waals surface area contributed by atoms with Crippen LogP contribution in [0, 0.1) is 12.7 Å². The highest BCUT2D eigenvalue weighted by Gasteiger charge is 2.41. The van der Waals surface area contributed by atoms with Crippen LogP contribution in [0.15, 0.2) is 53.0 Å². The lowest BCUT2D eigenvalue weighted by atomic mass is 9.85. The van der Waals surface area contributed by atoms with Gasteiger partial charge in [0, 0.05) is 28.4 Å². The molecule has 8 rings (SSSR count). The quantitative estimate of drug-likeness (QED) is 0.102. The first kappa shape index (κ1) is 41.3. The van der Waals surface area contributed by atoms with Crippen molar-refractivity contribution in [2.75, 3.05) is 51.7 Å². The van der Waals surface area contributed by atoms with Gasteiger partial charge >= 0.3 is 0 Å². The molecule has 0 saturated carbocycles. The molecule has 4 aliphatic heterocycles. The summed E-state index contributed by atoms with van der Waals surface area (Å²) in [6.45, 7) is 10.6. The molecule has 2 N–H and O–H groups in total. The average Bonchev–Trinajstić information content (AvgIpc) is 3.55. The molecule has 4 aromatic rings. The smallest absolute Gasteiger partial charge is 0.255 e. The summed E-state index contributed by atoms with van der Waals surface area (Å²) in [6.07, 6.45) is 8.01. The van der Waals surface area contributed by atoms with Gasteiger partial charge < -0.3 is 24.8 Å². The van der Waals surface area contributed by atoms with Crippen molar-refractivity contribution in [3.63, 3.8) is 0 Å². The molecule has 59 heavy (non-hydrogen) atoms. The molecule has 3 amide bonds. The van der Waals surface area contributed by atoms with Crippen LogP contribution in [0.5, 0.6) is 5.75 Å². The van der Waals surface area contributed by atoms with Gasteiger partial charge in [0.25, 0.3) is 5.91 Å². The van der Waals surface area contributed by atoms with E-state index in [-0.39, 0.29) is 36.7 Å². The van der Waals surface area contributed by atoms with Gasteiger partial charge in [-0.3, -0.25) is 19.7 Å². The predicted octanol–water partition coefficient (Wildman–Crippen LogP) is 8.01.